The maximum absolute atomic E-state index is 11.5. The lowest BCUT2D eigenvalue weighted by Gasteiger charge is -2.10. The van der Waals surface area contributed by atoms with Gasteiger partial charge in [0.25, 0.3) is 0 Å². The van der Waals surface area contributed by atoms with Crippen molar-refractivity contribution in [2.24, 2.45) is 0 Å². The summed E-state index contributed by atoms with van der Waals surface area (Å²) in [6.45, 7) is 4.07. The minimum atomic E-state index is -0.0871. The maximum Gasteiger partial charge on any atom is 0.305 e. The smallest absolute Gasteiger partial charge is 0.305 e. The number of halogens is 1. The van der Waals surface area contributed by atoms with E-state index in [1.807, 2.05) is 0 Å². The normalized spacial score (nSPS) is 12.3. The van der Waals surface area contributed by atoms with Gasteiger partial charge >= 0.3 is 5.97 Å². The van der Waals surface area contributed by atoms with E-state index in [1.54, 1.807) is 0 Å². The Morgan fingerprint density at radius 2 is 1.44 bits per heavy atom. The molecule has 4 nitrogen and oxygen atoms in total. The Morgan fingerprint density at radius 3 is 2.04 bits per heavy atom. The van der Waals surface area contributed by atoms with Crippen LogP contribution in [0.15, 0.2) is 0 Å². The average Bonchev–Trinajstić information content (AvgIpc) is 2.66. The van der Waals surface area contributed by atoms with Crippen LogP contribution in [0.4, 0.5) is 0 Å². The molecule has 0 aromatic carbocycles. The van der Waals surface area contributed by atoms with E-state index in [1.165, 1.54) is 57.8 Å². The molecule has 0 bridgehead atoms. The predicted molar refractivity (Wildman–Crippen MR) is 115 cm³/mol. The van der Waals surface area contributed by atoms with Crippen LogP contribution < -0.4 is 5.32 Å². The van der Waals surface area contributed by atoms with Crippen molar-refractivity contribution in [3.05, 3.63) is 0 Å². The molecule has 2 N–H and O–H groups in total. The molecule has 0 saturated carbocycles. The van der Waals surface area contributed by atoms with Crippen molar-refractivity contribution < 1.29 is 14.6 Å². The highest BCUT2D eigenvalue weighted by molar-refractivity contribution is 6.18. The molecule has 0 aromatic rings. The molecule has 1 unspecified atom stereocenters. The second-order valence-corrected chi connectivity index (χ2v) is 7.91. The molecule has 0 aromatic heterocycles. The van der Waals surface area contributed by atoms with Gasteiger partial charge in [-0.25, -0.2) is 0 Å². The number of aliphatic hydroxyl groups excluding tert-OH is 1. The fraction of sp³-hybridized carbons (Fsp3) is 0.955. The lowest BCUT2D eigenvalue weighted by Crippen LogP contribution is -2.23. The highest BCUT2D eigenvalue weighted by Crippen LogP contribution is 2.14. The molecule has 0 amide bonds. The number of hydrogen-bond acceptors (Lipinski definition) is 4. The number of nitrogens with one attached hydrogen (secondary N) is 1. The van der Waals surface area contributed by atoms with Crippen LogP contribution in [-0.2, 0) is 9.53 Å². The van der Waals surface area contributed by atoms with Gasteiger partial charge in [-0.15, -0.1) is 11.6 Å². The Morgan fingerprint density at radius 1 is 0.889 bits per heavy atom. The van der Waals surface area contributed by atoms with E-state index in [-0.39, 0.29) is 12.1 Å². The van der Waals surface area contributed by atoms with E-state index in [4.69, 9.17) is 16.3 Å². The number of esters is 1. The standard InChI is InChI=1S/C22H44ClNO3/c1-2-3-4-11-14-21(25)15-12-9-7-5-6-8-10-13-16-22(26)27-20-19-24-18-17-23/h21,24-25H,2-20H2,1H3. The molecule has 162 valence electrons. The third kappa shape index (κ3) is 21.8. The van der Waals surface area contributed by atoms with E-state index in [2.05, 4.69) is 12.2 Å². The number of carbonyl (C=O) groups excluding carboxylic acids is 1. The van der Waals surface area contributed by atoms with Crippen LogP contribution in [0, 0.1) is 0 Å². The van der Waals surface area contributed by atoms with E-state index < -0.39 is 0 Å². The minimum Gasteiger partial charge on any atom is -0.464 e. The van der Waals surface area contributed by atoms with Crippen molar-refractivity contribution in [3.8, 4) is 0 Å². The van der Waals surface area contributed by atoms with Crippen LogP contribution in [0.3, 0.4) is 0 Å². The van der Waals surface area contributed by atoms with Crippen molar-refractivity contribution in [2.45, 2.75) is 109 Å². The van der Waals surface area contributed by atoms with Gasteiger partial charge in [-0.05, 0) is 19.3 Å². The summed E-state index contributed by atoms with van der Waals surface area (Å²) in [5.74, 6) is 0.491. The van der Waals surface area contributed by atoms with Gasteiger partial charge in [0.2, 0.25) is 0 Å². The number of rotatable bonds is 21. The summed E-state index contributed by atoms with van der Waals surface area (Å²) in [5, 5.41) is 13.0. The minimum absolute atomic E-state index is 0.0854. The molecule has 27 heavy (non-hydrogen) atoms. The van der Waals surface area contributed by atoms with Crippen molar-refractivity contribution in [1.82, 2.24) is 5.32 Å². The Balaban J connectivity index is 3.21. The first kappa shape index (κ1) is 26.7. The van der Waals surface area contributed by atoms with Gasteiger partial charge in [0.1, 0.15) is 6.61 Å². The van der Waals surface area contributed by atoms with Gasteiger partial charge in [0.05, 0.1) is 6.10 Å². The van der Waals surface area contributed by atoms with E-state index >= 15 is 0 Å². The Labute approximate surface area is 172 Å². The number of ether oxygens (including phenoxy) is 1. The highest BCUT2D eigenvalue weighted by Gasteiger charge is 2.04. The molecule has 0 fully saturated rings. The van der Waals surface area contributed by atoms with Crippen molar-refractivity contribution in [2.75, 3.05) is 25.6 Å². The lowest BCUT2D eigenvalue weighted by molar-refractivity contribution is -0.143. The first-order valence-corrected chi connectivity index (χ1v) is 11.8. The zero-order chi connectivity index (χ0) is 20.0. The summed E-state index contributed by atoms with van der Waals surface area (Å²) < 4.78 is 5.15. The van der Waals surface area contributed by atoms with Crippen LogP contribution in [0.2, 0.25) is 0 Å². The van der Waals surface area contributed by atoms with Crippen LogP contribution in [-0.4, -0.2) is 42.8 Å². The Hall–Kier alpha value is -0.320. The van der Waals surface area contributed by atoms with E-state index in [9.17, 15) is 9.90 Å². The molecule has 0 rings (SSSR count). The molecular weight excluding hydrogens is 362 g/mol. The highest BCUT2D eigenvalue weighted by atomic mass is 35.5. The third-order valence-corrected chi connectivity index (χ3v) is 5.06. The molecule has 0 spiro atoms. The summed E-state index contributed by atoms with van der Waals surface area (Å²) in [4.78, 5) is 11.5. The summed E-state index contributed by atoms with van der Waals surface area (Å²) in [6.07, 6.45) is 16.8. The lowest BCUT2D eigenvalue weighted by atomic mass is 10.0. The number of carbonyl (C=O) groups is 1. The number of unbranched alkanes of at least 4 members (excludes halogenated alkanes) is 10. The van der Waals surface area contributed by atoms with Crippen LogP contribution in [0.25, 0.3) is 0 Å². The third-order valence-electron chi connectivity index (χ3n) is 4.87. The molecule has 0 saturated heterocycles. The maximum atomic E-state index is 11.5. The van der Waals surface area contributed by atoms with Gasteiger partial charge in [0, 0.05) is 25.4 Å². The first-order valence-electron chi connectivity index (χ1n) is 11.3. The topological polar surface area (TPSA) is 58.6 Å². The molecule has 0 heterocycles. The van der Waals surface area contributed by atoms with Crippen LogP contribution in [0.1, 0.15) is 103 Å². The monoisotopic (exact) mass is 405 g/mol. The molecule has 1 atom stereocenters. The molecular formula is C22H44ClNO3. The molecule has 0 aliphatic carbocycles. The van der Waals surface area contributed by atoms with Gasteiger partial charge in [-0.2, -0.15) is 0 Å². The summed E-state index contributed by atoms with van der Waals surface area (Å²) in [6, 6.07) is 0. The van der Waals surface area contributed by atoms with Crippen molar-refractivity contribution in [3.63, 3.8) is 0 Å². The SMILES string of the molecule is CCCCCCC(O)CCCCCCCCCCC(=O)OCCNCCCl. The summed E-state index contributed by atoms with van der Waals surface area (Å²) in [7, 11) is 0. The molecule has 0 aliphatic heterocycles. The largest absolute Gasteiger partial charge is 0.464 e. The van der Waals surface area contributed by atoms with Crippen LogP contribution in [0.5, 0.6) is 0 Å². The van der Waals surface area contributed by atoms with Gasteiger partial charge in [-0.3, -0.25) is 4.79 Å². The number of alkyl halides is 1. The quantitative estimate of drug-likeness (QED) is 0.148. The molecule has 0 radical (unpaired) electrons. The number of hydrogen-bond donors (Lipinski definition) is 2. The van der Waals surface area contributed by atoms with Gasteiger partial charge in [-0.1, -0.05) is 77.6 Å². The zero-order valence-corrected chi connectivity index (χ0v) is 18.4. The molecule has 0 aliphatic rings. The zero-order valence-electron chi connectivity index (χ0n) is 17.7. The van der Waals surface area contributed by atoms with Gasteiger partial charge < -0.3 is 15.2 Å². The fourth-order valence-electron chi connectivity index (χ4n) is 3.16. The van der Waals surface area contributed by atoms with E-state index in [0.717, 1.165) is 38.6 Å². The van der Waals surface area contributed by atoms with Crippen LogP contribution >= 0.6 is 11.6 Å². The second kappa shape index (κ2) is 22.0. The van der Waals surface area contributed by atoms with E-state index in [0.29, 0.717) is 25.5 Å². The Kier molecular flexibility index (Phi) is 21.7. The van der Waals surface area contributed by atoms with Gasteiger partial charge in [0.15, 0.2) is 0 Å². The molecule has 5 heteroatoms. The predicted octanol–water partition coefficient (Wildman–Crippen LogP) is 5.59. The second-order valence-electron chi connectivity index (χ2n) is 7.53. The number of aliphatic hydroxyl groups is 1. The van der Waals surface area contributed by atoms with Crippen molar-refractivity contribution in [1.29, 1.82) is 0 Å². The summed E-state index contributed by atoms with van der Waals surface area (Å²) in [5.41, 5.74) is 0. The van der Waals surface area contributed by atoms with Crippen molar-refractivity contribution >= 4 is 17.6 Å². The fourth-order valence-corrected chi connectivity index (χ4v) is 3.30. The Bertz CT molecular complexity index is 316. The summed E-state index contributed by atoms with van der Waals surface area (Å²) >= 11 is 5.55. The first-order chi connectivity index (χ1) is 13.2. The average molecular weight is 406 g/mol.